The number of carbonyl (C=O) groups excluding carboxylic acids is 3. The lowest BCUT2D eigenvalue weighted by Crippen LogP contribution is -2.29. The highest BCUT2D eigenvalue weighted by Gasteiger charge is 2.33. The van der Waals surface area contributed by atoms with E-state index >= 15 is 0 Å². The zero-order chi connectivity index (χ0) is 22.4. The fraction of sp³-hybridized carbons (Fsp3) is 0.400. The maximum atomic E-state index is 12.6. The molecular weight excluding hydrogens is 390 g/mol. The zero-order valence-electron chi connectivity index (χ0n) is 18.5. The largest absolute Gasteiger partial charge is 0.342 e. The number of carbonyl (C=O) groups is 3. The van der Waals surface area contributed by atoms with Gasteiger partial charge in [0.2, 0.25) is 11.8 Å². The molecule has 6 nitrogen and oxygen atoms in total. The lowest BCUT2D eigenvalue weighted by molar-refractivity contribution is -0.128. The molecule has 3 amide bonds. The predicted octanol–water partition coefficient (Wildman–Crippen LogP) is 4.65. The van der Waals surface area contributed by atoms with Crippen LogP contribution in [0.2, 0.25) is 0 Å². The summed E-state index contributed by atoms with van der Waals surface area (Å²) in [5.74, 6) is -0.342. The summed E-state index contributed by atoms with van der Waals surface area (Å²) >= 11 is 0. The quantitative estimate of drug-likeness (QED) is 0.651. The molecule has 31 heavy (non-hydrogen) atoms. The Bertz CT molecular complexity index is 937. The molecule has 0 unspecified atom stereocenters. The molecule has 0 bridgehead atoms. The van der Waals surface area contributed by atoms with E-state index in [9.17, 15) is 14.4 Å². The van der Waals surface area contributed by atoms with E-state index < -0.39 is 0 Å². The van der Waals surface area contributed by atoms with Gasteiger partial charge in [-0.25, -0.2) is 0 Å². The molecule has 1 saturated heterocycles. The lowest BCUT2D eigenvalue weighted by Gasteiger charge is -2.16. The molecule has 0 spiro atoms. The molecule has 1 aliphatic rings. The number of anilines is 2. The Balaban J connectivity index is 1.58. The van der Waals surface area contributed by atoms with Crippen LogP contribution in [0, 0.1) is 5.92 Å². The molecule has 1 fully saturated rings. The van der Waals surface area contributed by atoms with Gasteiger partial charge in [-0.15, -0.1) is 0 Å². The van der Waals surface area contributed by atoms with Crippen molar-refractivity contribution in [3.63, 3.8) is 0 Å². The Kier molecular flexibility index (Phi) is 7.45. The third kappa shape index (κ3) is 5.72. The van der Waals surface area contributed by atoms with Gasteiger partial charge in [-0.3, -0.25) is 14.4 Å². The summed E-state index contributed by atoms with van der Waals surface area (Å²) in [4.78, 5) is 39.1. The van der Waals surface area contributed by atoms with Gasteiger partial charge in [-0.2, -0.15) is 0 Å². The number of rotatable bonds is 8. The average molecular weight is 422 g/mol. The van der Waals surface area contributed by atoms with Crippen LogP contribution in [0.4, 0.5) is 11.4 Å². The summed E-state index contributed by atoms with van der Waals surface area (Å²) in [5, 5.41) is 5.84. The molecule has 1 heterocycles. The highest BCUT2D eigenvalue weighted by Crippen LogP contribution is 2.25. The topological polar surface area (TPSA) is 78.5 Å². The first-order chi connectivity index (χ1) is 14.9. The van der Waals surface area contributed by atoms with Gasteiger partial charge in [0.15, 0.2) is 0 Å². The molecule has 3 rings (SSSR count). The van der Waals surface area contributed by atoms with Crippen LogP contribution in [0.1, 0.15) is 61.9 Å². The Morgan fingerprint density at radius 2 is 1.77 bits per heavy atom. The Morgan fingerprint density at radius 1 is 1.06 bits per heavy atom. The molecule has 0 aliphatic carbocycles. The number of unbranched alkanes of at least 4 members (excludes halogenated alkanes) is 1. The van der Waals surface area contributed by atoms with Crippen molar-refractivity contribution in [1.82, 2.24) is 4.90 Å². The lowest BCUT2D eigenvalue weighted by atomic mass is 10.0. The first-order valence-corrected chi connectivity index (χ1v) is 11.0. The number of hydrogen-bond donors (Lipinski definition) is 2. The maximum Gasteiger partial charge on any atom is 0.255 e. The third-order valence-corrected chi connectivity index (χ3v) is 5.61. The number of amides is 3. The minimum absolute atomic E-state index is 0.0438. The van der Waals surface area contributed by atoms with Crippen molar-refractivity contribution in [3.05, 3.63) is 59.7 Å². The molecule has 2 aromatic rings. The summed E-state index contributed by atoms with van der Waals surface area (Å²) in [6.07, 6.45) is 2.22. The van der Waals surface area contributed by atoms with Crippen LogP contribution >= 0.6 is 0 Å². The second-order valence-corrected chi connectivity index (χ2v) is 8.36. The average Bonchev–Trinajstić information content (AvgIpc) is 3.13. The molecule has 2 N–H and O–H groups in total. The van der Waals surface area contributed by atoms with Crippen molar-refractivity contribution < 1.29 is 14.4 Å². The Labute approximate surface area is 184 Å². The smallest absolute Gasteiger partial charge is 0.255 e. The molecule has 1 atom stereocenters. The number of para-hydroxylation sites is 1. The van der Waals surface area contributed by atoms with E-state index in [0.717, 1.165) is 24.1 Å². The van der Waals surface area contributed by atoms with Crippen molar-refractivity contribution >= 4 is 29.1 Å². The third-order valence-electron chi connectivity index (χ3n) is 5.61. The van der Waals surface area contributed by atoms with E-state index in [4.69, 9.17) is 0 Å². The summed E-state index contributed by atoms with van der Waals surface area (Å²) in [5.41, 5.74) is 3.01. The first kappa shape index (κ1) is 22.5. The van der Waals surface area contributed by atoms with Gasteiger partial charge in [0.05, 0.1) is 5.92 Å². The summed E-state index contributed by atoms with van der Waals surface area (Å²) in [6.45, 7) is 7.44. The van der Waals surface area contributed by atoms with Crippen LogP contribution < -0.4 is 10.6 Å². The number of nitrogens with one attached hydrogen (secondary N) is 2. The van der Waals surface area contributed by atoms with E-state index in [-0.39, 0.29) is 30.1 Å². The molecule has 0 aromatic heterocycles. The van der Waals surface area contributed by atoms with E-state index in [1.54, 1.807) is 29.2 Å². The second-order valence-electron chi connectivity index (χ2n) is 8.36. The summed E-state index contributed by atoms with van der Waals surface area (Å²) < 4.78 is 0. The van der Waals surface area contributed by atoms with Crippen LogP contribution in [0.5, 0.6) is 0 Å². The molecule has 2 aromatic carbocycles. The number of benzene rings is 2. The molecule has 0 saturated carbocycles. The summed E-state index contributed by atoms with van der Waals surface area (Å²) in [7, 11) is 0. The summed E-state index contributed by atoms with van der Waals surface area (Å²) in [6, 6.07) is 14.6. The normalized spacial score (nSPS) is 15.9. The van der Waals surface area contributed by atoms with Crippen LogP contribution in [-0.2, 0) is 9.59 Å². The van der Waals surface area contributed by atoms with Crippen molar-refractivity contribution in [1.29, 1.82) is 0 Å². The second kappa shape index (κ2) is 10.2. The number of likely N-dealkylation sites (tertiary alicyclic amines) is 1. The van der Waals surface area contributed by atoms with E-state index in [1.807, 2.05) is 24.3 Å². The predicted molar refractivity (Wildman–Crippen MR) is 123 cm³/mol. The fourth-order valence-electron chi connectivity index (χ4n) is 3.77. The van der Waals surface area contributed by atoms with Crippen molar-refractivity contribution in [3.8, 4) is 0 Å². The molecule has 1 aliphatic heterocycles. The highest BCUT2D eigenvalue weighted by molar-refractivity contribution is 6.05. The fourth-order valence-corrected chi connectivity index (χ4v) is 3.77. The van der Waals surface area contributed by atoms with Gasteiger partial charge in [0, 0.05) is 36.4 Å². The monoisotopic (exact) mass is 421 g/mol. The zero-order valence-corrected chi connectivity index (χ0v) is 18.5. The van der Waals surface area contributed by atoms with E-state index in [0.29, 0.717) is 30.3 Å². The van der Waals surface area contributed by atoms with E-state index in [1.165, 1.54) is 0 Å². The van der Waals surface area contributed by atoms with Gasteiger partial charge in [0.25, 0.3) is 5.91 Å². The first-order valence-electron chi connectivity index (χ1n) is 11.0. The van der Waals surface area contributed by atoms with Crippen molar-refractivity contribution in [2.24, 2.45) is 5.92 Å². The molecule has 6 heteroatoms. The van der Waals surface area contributed by atoms with Crippen LogP contribution in [-0.4, -0.2) is 35.7 Å². The SMILES string of the molecule is CCCCN1C[C@H](C(=O)Nc2ccc(C(=O)Nc3ccccc3C(C)C)cc2)CC1=O. The van der Waals surface area contributed by atoms with Crippen LogP contribution in [0.25, 0.3) is 0 Å². The maximum absolute atomic E-state index is 12.6. The highest BCUT2D eigenvalue weighted by atomic mass is 16.2. The van der Waals surface area contributed by atoms with Gasteiger partial charge in [-0.1, -0.05) is 45.4 Å². The minimum Gasteiger partial charge on any atom is -0.342 e. The van der Waals surface area contributed by atoms with E-state index in [2.05, 4.69) is 31.4 Å². The molecular formula is C25H31N3O3. The standard InChI is InChI=1S/C25H31N3O3/c1-4-5-14-28-16-19(15-23(28)29)25(31)26-20-12-10-18(11-13-20)24(30)27-22-9-7-6-8-21(22)17(2)3/h6-13,17,19H,4-5,14-16H2,1-3H3,(H,26,31)(H,27,30)/t19-/m1/s1. The van der Waals surface area contributed by atoms with Gasteiger partial charge < -0.3 is 15.5 Å². The van der Waals surface area contributed by atoms with Crippen molar-refractivity contribution in [2.75, 3.05) is 23.7 Å². The number of nitrogens with zero attached hydrogens (tertiary/aromatic N) is 1. The van der Waals surface area contributed by atoms with Crippen LogP contribution in [0.15, 0.2) is 48.5 Å². The van der Waals surface area contributed by atoms with Crippen molar-refractivity contribution in [2.45, 2.75) is 46.0 Å². The van der Waals surface area contributed by atoms with Gasteiger partial charge in [-0.05, 0) is 48.2 Å². The molecule has 0 radical (unpaired) electrons. The van der Waals surface area contributed by atoms with Gasteiger partial charge in [0.1, 0.15) is 0 Å². The number of hydrogen-bond acceptors (Lipinski definition) is 3. The molecule has 164 valence electrons. The Morgan fingerprint density at radius 3 is 2.45 bits per heavy atom. The van der Waals surface area contributed by atoms with Gasteiger partial charge >= 0.3 is 0 Å². The minimum atomic E-state index is -0.333. The van der Waals surface area contributed by atoms with Crippen LogP contribution in [0.3, 0.4) is 0 Å². The Hall–Kier alpha value is -3.15.